The zero-order valence-corrected chi connectivity index (χ0v) is 20.7. The normalized spacial score (nSPS) is 14.3. The Morgan fingerprint density at radius 2 is 1.69 bits per heavy atom. The molecule has 182 valence electrons. The molecule has 5 rings (SSSR count). The van der Waals surface area contributed by atoms with Gasteiger partial charge in [0.1, 0.15) is 5.69 Å². The molecule has 1 aliphatic heterocycles. The maximum absolute atomic E-state index is 12.9. The quantitative estimate of drug-likeness (QED) is 0.341. The van der Waals surface area contributed by atoms with E-state index in [1.807, 2.05) is 87.9 Å². The third-order valence-electron chi connectivity index (χ3n) is 6.36. The Morgan fingerprint density at radius 3 is 2.39 bits per heavy atom. The highest BCUT2D eigenvalue weighted by atomic mass is 32.1. The first kappa shape index (κ1) is 23.8. The van der Waals surface area contributed by atoms with Crippen LogP contribution in [0.15, 0.2) is 90.4 Å². The van der Waals surface area contributed by atoms with Crippen molar-refractivity contribution < 1.29 is 9.59 Å². The molecule has 2 aromatic carbocycles. The fourth-order valence-electron chi connectivity index (χ4n) is 4.41. The van der Waals surface area contributed by atoms with Crippen molar-refractivity contribution in [3.8, 4) is 10.6 Å². The largest absolute Gasteiger partial charge is 0.339 e. The first-order chi connectivity index (χ1) is 17.7. The van der Waals surface area contributed by atoms with Crippen molar-refractivity contribution in [3.05, 3.63) is 102 Å². The summed E-state index contributed by atoms with van der Waals surface area (Å²) >= 11 is 1.63. The van der Waals surface area contributed by atoms with Gasteiger partial charge >= 0.3 is 0 Å². The van der Waals surface area contributed by atoms with Gasteiger partial charge in [0, 0.05) is 42.5 Å². The molecule has 6 nitrogen and oxygen atoms in total. The number of hydrogen-bond acceptors (Lipinski definition) is 4. The highest BCUT2D eigenvalue weighted by Crippen LogP contribution is 2.28. The zero-order chi connectivity index (χ0) is 24.7. The Bertz CT molecular complexity index is 1320. The third-order valence-corrected chi connectivity index (χ3v) is 7.23. The molecule has 36 heavy (non-hydrogen) atoms. The maximum atomic E-state index is 12.9. The zero-order valence-electron chi connectivity index (χ0n) is 19.9. The Kier molecular flexibility index (Phi) is 7.38. The number of hydrogen-bond donors (Lipinski definition) is 1. The van der Waals surface area contributed by atoms with Crippen LogP contribution in [-0.4, -0.2) is 39.6 Å². The van der Waals surface area contributed by atoms with Crippen molar-refractivity contribution in [2.24, 2.45) is 5.92 Å². The number of rotatable bonds is 7. The van der Waals surface area contributed by atoms with Gasteiger partial charge in [-0.15, -0.1) is 11.3 Å². The van der Waals surface area contributed by atoms with E-state index >= 15 is 0 Å². The van der Waals surface area contributed by atoms with Gasteiger partial charge in [-0.1, -0.05) is 54.6 Å². The molecule has 0 atom stereocenters. The molecule has 3 heterocycles. The number of carbonyl (C=O) groups excluding carboxylic acids is 2. The lowest BCUT2D eigenvalue weighted by atomic mass is 9.95. The highest BCUT2D eigenvalue weighted by molar-refractivity contribution is 7.13. The molecule has 0 unspecified atom stereocenters. The number of amides is 2. The molecular formula is C29H28N4O2S. The van der Waals surface area contributed by atoms with E-state index in [9.17, 15) is 9.59 Å². The molecular weight excluding hydrogens is 468 g/mol. The minimum Gasteiger partial charge on any atom is -0.339 e. The summed E-state index contributed by atoms with van der Waals surface area (Å²) < 4.78 is 1.92. The summed E-state index contributed by atoms with van der Waals surface area (Å²) in [6.45, 7) is 1.81. The van der Waals surface area contributed by atoms with Gasteiger partial charge in [-0.3, -0.25) is 14.3 Å². The summed E-state index contributed by atoms with van der Waals surface area (Å²) in [4.78, 5) is 28.4. The summed E-state index contributed by atoms with van der Waals surface area (Å²) in [6.07, 6.45) is 6.80. The van der Waals surface area contributed by atoms with Gasteiger partial charge in [-0.25, -0.2) is 0 Å². The van der Waals surface area contributed by atoms with Gasteiger partial charge in [-0.2, -0.15) is 5.10 Å². The average Bonchev–Trinajstić information content (AvgIpc) is 3.59. The van der Waals surface area contributed by atoms with Crippen molar-refractivity contribution >= 4 is 34.9 Å². The molecule has 1 saturated heterocycles. The second-order valence-corrected chi connectivity index (χ2v) is 9.83. The lowest BCUT2D eigenvalue weighted by Gasteiger charge is -2.30. The Balaban J connectivity index is 1.22. The number of nitrogens with zero attached hydrogens (tertiary/aromatic N) is 3. The summed E-state index contributed by atoms with van der Waals surface area (Å²) in [6, 6.07) is 23.7. The maximum Gasteiger partial charge on any atom is 0.246 e. The number of thiophene rings is 1. The number of para-hydroxylation sites is 1. The number of likely N-dealkylation sites (tertiary alicyclic amines) is 1. The van der Waals surface area contributed by atoms with Crippen LogP contribution in [0.25, 0.3) is 16.6 Å². The van der Waals surface area contributed by atoms with Crippen molar-refractivity contribution in [2.45, 2.75) is 19.4 Å². The highest BCUT2D eigenvalue weighted by Gasteiger charge is 2.26. The number of aromatic nitrogens is 2. The molecule has 1 N–H and O–H groups in total. The Morgan fingerprint density at radius 1 is 0.972 bits per heavy atom. The Labute approximate surface area is 214 Å². The van der Waals surface area contributed by atoms with Crippen LogP contribution in [-0.2, 0) is 16.1 Å². The SMILES string of the molecule is O=C(Nc1ccccc1)C1CCN(C(=O)/C=C/c2cn(Cc3ccccc3)nc2-c2cccs2)CC1. The predicted molar refractivity (Wildman–Crippen MR) is 144 cm³/mol. The van der Waals surface area contributed by atoms with Crippen molar-refractivity contribution in [1.29, 1.82) is 0 Å². The minimum absolute atomic E-state index is 0.0234. The smallest absolute Gasteiger partial charge is 0.246 e. The molecule has 2 aromatic heterocycles. The molecule has 2 amide bonds. The topological polar surface area (TPSA) is 67.2 Å². The summed E-state index contributed by atoms with van der Waals surface area (Å²) in [5, 5.41) is 9.82. The standard InChI is InChI=1S/C29H28N4O2S/c34-27(32-17-15-23(16-18-32)29(35)30-25-10-5-2-6-11-25)14-13-24-21-33(20-22-8-3-1-4-9-22)31-28(24)26-12-7-19-36-26/h1-14,19,21,23H,15-18,20H2,(H,30,35)/b14-13+. The van der Waals surface area contributed by atoms with E-state index in [0.717, 1.165) is 21.8 Å². The van der Waals surface area contributed by atoms with Crippen LogP contribution in [0.3, 0.4) is 0 Å². The Hall–Kier alpha value is -3.97. The summed E-state index contributed by atoms with van der Waals surface area (Å²) in [5.74, 6) is -0.0972. The lowest BCUT2D eigenvalue weighted by molar-refractivity contribution is -0.130. The first-order valence-corrected chi connectivity index (χ1v) is 13.0. The van der Waals surface area contributed by atoms with Crippen LogP contribution in [0.1, 0.15) is 24.0 Å². The van der Waals surface area contributed by atoms with E-state index in [-0.39, 0.29) is 17.7 Å². The number of nitrogens with one attached hydrogen (secondary N) is 1. The molecule has 7 heteroatoms. The molecule has 0 bridgehead atoms. The van der Waals surface area contributed by atoms with E-state index in [0.29, 0.717) is 32.5 Å². The van der Waals surface area contributed by atoms with Crippen LogP contribution in [0.4, 0.5) is 5.69 Å². The summed E-state index contributed by atoms with van der Waals surface area (Å²) in [5.41, 5.74) is 3.77. The lowest BCUT2D eigenvalue weighted by Crippen LogP contribution is -2.40. The molecule has 0 spiro atoms. The second-order valence-electron chi connectivity index (χ2n) is 8.88. The average molecular weight is 497 g/mol. The molecule has 0 saturated carbocycles. The number of anilines is 1. The second kappa shape index (κ2) is 11.2. The van der Waals surface area contributed by atoms with Gasteiger partial charge < -0.3 is 10.2 Å². The van der Waals surface area contributed by atoms with Crippen LogP contribution in [0, 0.1) is 5.92 Å². The van der Waals surface area contributed by atoms with Crippen molar-refractivity contribution in [2.75, 3.05) is 18.4 Å². The molecule has 0 aliphatic carbocycles. The van der Waals surface area contributed by atoms with Gasteiger partial charge in [0.15, 0.2) is 0 Å². The van der Waals surface area contributed by atoms with Gasteiger partial charge in [0.2, 0.25) is 11.8 Å². The number of carbonyl (C=O) groups is 2. The van der Waals surface area contributed by atoms with E-state index in [1.54, 1.807) is 17.4 Å². The molecule has 1 fully saturated rings. The van der Waals surface area contributed by atoms with E-state index in [4.69, 9.17) is 5.10 Å². The fourth-order valence-corrected chi connectivity index (χ4v) is 5.14. The molecule has 0 radical (unpaired) electrons. The van der Waals surface area contributed by atoms with Gasteiger partial charge in [0.05, 0.1) is 11.4 Å². The number of benzene rings is 2. The van der Waals surface area contributed by atoms with E-state index in [2.05, 4.69) is 17.4 Å². The molecule has 4 aromatic rings. The summed E-state index contributed by atoms with van der Waals surface area (Å²) in [7, 11) is 0. The van der Waals surface area contributed by atoms with E-state index < -0.39 is 0 Å². The van der Waals surface area contributed by atoms with Gasteiger partial charge in [-0.05, 0) is 48.1 Å². The van der Waals surface area contributed by atoms with Crippen LogP contribution in [0.2, 0.25) is 0 Å². The number of piperidine rings is 1. The fraction of sp³-hybridized carbons (Fsp3) is 0.207. The van der Waals surface area contributed by atoms with Crippen molar-refractivity contribution in [3.63, 3.8) is 0 Å². The van der Waals surface area contributed by atoms with Crippen LogP contribution < -0.4 is 5.32 Å². The minimum atomic E-state index is -0.0834. The predicted octanol–water partition coefficient (Wildman–Crippen LogP) is 5.55. The monoisotopic (exact) mass is 496 g/mol. The first-order valence-electron chi connectivity index (χ1n) is 12.1. The molecule has 1 aliphatic rings. The van der Waals surface area contributed by atoms with E-state index in [1.165, 1.54) is 5.56 Å². The van der Waals surface area contributed by atoms with Crippen molar-refractivity contribution in [1.82, 2.24) is 14.7 Å². The van der Waals surface area contributed by atoms with Gasteiger partial charge in [0.25, 0.3) is 0 Å². The third kappa shape index (κ3) is 5.80. The van der Waals surface area contributed by atoms with Crippen LogP contribution in [0.5, 0.6) is 0 Å². The van der Waals surface area contributed by atoms with Crippen LogP contribution >= 0.6 is 11.3 Å².